The quantitative estimate of drug-likeness (QED) is 0.754. The number of carbonyl (C=O) groups is 2. The first-order chi connectivity index (χ1) is 7.60. The molecule has 0 aromatic rings. The van der Waals surface area contributed by atoms with E-state index in [4.69, 9.17) is 5.11 Å². The zero-order valence-electron chi connectivity index (χ0n) is 9.19. The molecule has 0 aromatic heterocycles. The highest BCUT2D eigenvalue weighted by atomic mass is 79.9. The van der Waals surface area contributed by atoms with Crippen molar-refractivity contribution in [3.63, 3.8) is 0 Å². The van der Waals surface area contributed by atoms with Crippen molar-refractivity contribution < 1.29 is 14.7 Å². The molecule has 2 unspecified atom stereocenters. The van der Waals surface area contributed by atoms with E-state index in [0.717, 1.165) is 11.1 Å². The van der Waals surface area contributed by atoms with Crippen molar-refractivity contribution in [2.24, 2.45) is 5.92 Å². The fourth-order valence-electron chi connectivity index (χ4n) is 1.86. The molecule has 0 spiro atoms. The number of thioether (sulfide) groups is 1. The van der Waals surface area contributed by atoms with Gasteiger partial charge in [0.1, 0.15) is 6.04 Å². The number of alkyl halides is 1. The van der Waals surface area contributed by atoms with Crippen LogP contribution < -0.4 is 0 Å². The van der Waals surface area contributed by atoms with Gasteiger partial charge in [-0.2, -0.15) is 11.8 Å². The van der Waals surface area contributed by atoms with E-state index >= 15 is 0 Å². The Labute approximate surface area is 108 Å². The van der Waals surface area contributed by atoms with Gasteiger partial charge in [-0.25, -0.2) is 4.79 Å². The van der Waals surface area contributed by atoms with Crippen molar-refractivity contribution in [3.05, 3.63) is 0 Å². The van der Waals surface area contributed by atoms with Crippen LogP contribution in [-0.4, -0.2) is 51.8 Å². The molecule has 1 heterocycles. The van der Waals surface area contributed by atoms with E-state index in [2.05, 4.69) is 15.9 Å². The summed E-state index contributed by atoms with van der Waals surface area (Å²) >= 11 is 4.94. The lowest BCUT2D eigenvalue weighted by atomic mass is 10.1. The Hall–Kier alpha value is -0.230. The van der Waals surface area contributed by atoms with E-state index in [1.165, 1.54) is 4.90 Å². The molecule has 0 saturated carbocycles. The third-order valence-electron chi connectivity index (χ3n) is 2.71. The number of likely N-dealkylation sites (tertiary alicyclic amines) is 1. The summed E-state index contributed by atoms with van der Waals surface area (Å²) in [6.07, 6.45) is 2.93. The van der Waals surface area contributed by atoms with Crippen molar-refractivity contribution in [3.8, 4) is 0 Å². The minimum absolute atomic E-state index is 0.0297. The van der Waals surface area contributed by atoms with Crippen LogP contribution in [-0.2, 0) is 9.59 Å². The predicted octanol–water partition coefficient (Wildman–Crippen LogP) is 1.44. The van der Waals surface area contributed by atoms with Gasteiger partial charge in [-0.1, -0.05) is 15.9 Å². The maximum absolute atomic E-state index is 11.7. The van der Waals surface area contributed by atoms with Gasteiger partial charge in [0.05, 0.1) is 0 Å². The molecule has 2 atom stereocenters. The lowest BCUT2D eigenvalue weighted by Gasteiger charge is -2.24. The Morgan fingerprint density at radius 3 is 2.88 bits per heavy atom. The lowest BCUT2D eigenvalue weighted by molar-refractivity contribution is -0.148. The molecule has 4 nitrogen and oxygen atoms in total. The van der Waals surface area contributed by atoms with Gasteiger partial charge >= 0.3 is 5.97 Å². The molecule has 0 aromatic carbocycles. The molecule has 0 aliphatic carbocycles. The summed E-state index contributed by atoms with van der Waals surface area (Å²) in [7, 11) is 0. The maximum atomic E-state index is 11.7. The molecule has 1 amide bonds. The van der Waals surface area contributed by atoms with Crippen LogP contribution in [0.2, 0.25) is 0 Å². The number of carboxylic acid groups (broad SMARTS) is 1. The third kappa shape index (κ3) is 3.38. The molecule has 0 bridgehead atoms. The first-order valence-electron chi connectivity index (χ1n) is 5.17. The van der Waals surface area contributed by atoms with Crippen molar-refractivity contribution in [1.82, 2.24) is 4.90 Å². The third-order valence-corrected chi connectivity index (χ3v) is 4.27. The highest BCUT2D eigenvalue weighted by molar-refractivity contribution is 9.09. The number of aliphatic carboxylic acids is 1. The van der Waals surface area contributed by atoms with Crippen LogP contribution in [0.3, 0.4) is 0 Å². The fourth-order valence-corrected chi connectivity index (χ4v) is 2.75. The predicted molar refractivity (Wildman–Crippen MR) is 68.0 cm³/mol. The van der Waals surface area contributed by atoms with Crippen LogP contribution in [0.1, 0.15) is 12.8 Å². The summed E-state index contributed by atoms with van der Waals surface area (Å²) in [5, 5.41) is 9.88. The molecule has 1 aliphatic heterocycles. The van der Waals surface area contributed by atoms with Crippen LogP contribution in [0.25, 0.3) is 0 Å². The van der Waals surface area contributed by atoms with E-state index in [1.807, 2.05) is 6.26 Å². The molecule has 1 fully saturated rings. The largest absolute Gasteiger partial charge is 0.480 e. The number of rotatable bonds is 6. The number of carboxylic acids is 1. The summed E-state index contributed by atoms with van der Waals surface area (Å²) in [5.41, 5.74) is 0. The van der Waals surface area contributed by atoms with Crippen LogP contribution in [0, 0.1) is 5.92 Å². The summed E-state index contributed by atoms with van der Waals surface area (Å²) in [4.78, 5) is 24.3. The van der Waals surface area contributed by atoms with Crippen molar-refractivity contribution in [2.45, 2.75) is 18.9 Å². The second-order valence-corrected chi connectivity index (χ2v) is 5.54. The minimum Gasteiger partial charge on any atom is -0.480 e. The number of nitrogens with zero attached hydrogens (tertiary/aromatic N) is 1. The van der Waals surface area contributed by atoms with E-state index in [9.17, 15) is 9.59 Å². The first kappa shape index (κ1) is 13.8. The second kappa shape index (κ2) is 6.49. The molecule has 6 heteroatoms. The average molecular weight is 310 g/mol. The Morgan fingerprint density at radius 1 is 1.75 bits per heavy atom. The molecule has 92 valence electrons. The van der Waals surface area contributed by atoms with Crippen molar-refractivity contribution in [1.29, 1.82) is 0 Å². The van der Waals surface area contributed by atoms with E-state index in [1.54, 1.807) is 11.8 Å². The molecular formula is C10H16BrNO3S. The van der Waals surface area contributed by atoms with Gasteiger partial charge in [-0.15, -0.1) is 0 Å². The Balaban J connectivity index is 2.64. The normalized spacial score (nSPS) is 22.5. The average Bonchev–Trinajstić information content (AvgIpc) is 2.60. The van der Waals surface area contributed by atoms with Crippen LogP contribution in [0.15, 0.2) is 0 Å². The summed E-state index contributed by atoms with van der Waals surface area (Å²) in [6.45, 7) is 0.565. The van der Waals surface area contributed by atoms with Gasteiger partial charge in [-0.05, 0) is 24.3 Å². The van der Waals surface area contributed by atoms with Gasteiger partial charge in [0, 0.05) is 18.3 Å². The molecule has 1 aliphatic rings. The van der Waals surface area contributed by atoms with Gasteiger partial charge < -0.3 is 10.0 Å². The Kier molecular flexibility index (Phi) is 5.61. The van der Waals surface area contributed by atoms with Crippen molar-refractivity contribution >= 4 is 39.6 Å². The summed E-state index contributed by atoms with van der Waals surface area (Å²) < 4.78 is 0. The van der Waals surface area contributed by atoms with E-state index in [0.29, 0.717) is 19.4 Å². The maximum Gasteiger partial charge on any atom is 0.326 e. The lowest BCUT2D eigenvalue weighted by Crippen LogP contribution is -2.42. The summed E-state index contributed by atoms with van der Waals surface area (Å²) in [5.74, 6) is 0.0962. The zero-order valence-corrected chi connectivity index (χ0v) is 11.6. The van der Waals surface area contributed by atoms with E-state index in [-0.39, 0.29) is 11.8 Å². The van der Waals surface area contributed by atoms with E-state index < -0.39 is 12.0 Å². The number of halogens is 1. The molecule has 0 radical (unpaired) electrons. The topological polar surface area (TPSA) is 57.6 Å². The first-order valence-corrected chi connectivity index (χ1v) is 7.68. The fraction of sp³-hybridized carbons (Fsp3) is 0.800. The van der Waals surface area contributed by atoms with Crippen LogP contribution in [0.5, 0.6) is 0 Å². The van der Waals surface area contributed by atoms with Crippen LogP contribution in [0.4, 0.5) is 0 Å². The standard InChI is InChI=1S/C10H16BrNO3S/c1-16-3-2-8(10(14)15)12-6-7(5-11)4-9(12)13/h7-8H,2-6H2,1H3,(H,14,15). The molecular weight excluding hydrogens is 294 g/mol. The Morgan fingerprint density at radius 2 is 2.44 bits per heavy atom. The van der Waals surface area contributed by atoms with Gasteiger partial charge in [-0.3, -0.25) is 4.79 Å². The highest BCUT2D eigenvalue weighted by Gasteiger charge is 2.36. The second-order valence-electron chi connectivity index (χ2n) is 3.91. The summed E-state index contributed by atoms with van der Waals surface area (Å²) in [6, 6.07) is -0.649. The smallest absolute Gasteiger partial charge is 0.326 e. The highest BCUT2D eigenvalue weighted by Crippen LogP contribution is 2.23. The molecule has 1 saturated heterocycles. The number of hydrogen-bond acceptors (Lipinski definition) is 3. The SMILES string of the molecule is CSCCC(C(=O)O)N1CC(CBr)CC1=O. The Bertz CT molecular complexity index is 275. The molecule has 1 N–H and O–H groups in total. The zero-order chi connectivity index (χ0) is 12.1. The number of carbonyl (C=O) groups excluding carboxylic acids is 1. The number of amides is 1. The minimum atomic E-state index is -0.891. The van der Waals surface area contributed by atoms with Gasteiger partial charge in [0.15, 0.2) is 0 Å². The molecule has 16 heavy (non-hydrogen) atoms. The molecule has 1 rings (SSSR count). The van der Waals surface area contributed by atoms with Crippen molar-refractivity contribution in [2.75, 3.05) is 23.9 Å². The van der Waals surface area contributed by atoms with Gasteiger partial charge in [0.25, 0.3) is 0 Å². The number of hydrogen-bond donors (Lipinski definition) is 1. The van der Waals surface area contributed by atoms with Gasteiger partial charge in [0.2, 0.25) is 5.91 Å². The monoisotopic (exact) mass is 309 g/mol. The van der Waals surface area contributed by atoms with Crippen LogP contribution >= 0.6 is 27.7 Å².